The van der Waals surface area contributed by atoms with Crippen molar-refractivity contribution in [2.45, 2.75) is 6.17 Å². The lowest BCUT2D eigenvalue weighted by atomic mass is 10.2. The van der Waals surface area contributed by atoms with Crippen LogP contribution in [0, 0.1) is 0 Å². The molecule has 1 fully saturated rings. The number of pyridine rings is 1. The van der Waals surface area contributed by atoms with Crippen molar-refractivity contribution in [1.82, 2.24) is 15.2 Å². The van der Waals surface area contributed by atoms with E-state index < -0.39 is 0 Å². The summed E-state index contributed by atoms with van der Waals surface area (Å²) in [7, 11) is 1.79. The van der Waals surface area contributed by atoms with Gasteiger partial charge in [0.1, 0.15) is 6.17 Å². The van der Waals surface area contributed by atoms with Crippen molar-refractivity contribution in [3.63, 3.8) is 0 Å². The number of rotatable bonds is 1. The Balaban J connectivity index is 2.28. The average Bonchev–Trinajstić information content (AvgIpc) is 2.48. The third kappa shape index (κ3) is 1.65. The Morgan fingerprint density at radius 3 is 3.00 bits per heavy atom. The highest BCUT2D eigenvalue weighted by atomic mass is 79.9. The van der Waals surface area contributed by atoms with Gasteiger partial charge in [-0.3, -0.25) is 15.1 Å². The van der Waals surface area contributed by atoms with E-state index in [1.54, 1.807) is 24.3 Å². The number of hydrogen-bond acceptors (Lipinski definition) is 3. The molecular formula is C9H10BrN3O. The van der Waals surface area contributed by atoms with E-state index in [1.165, 1.54) is 0 Å². The molecule has 0 radical (unpaired) electrons. The van der Waals surface area contributed by atoms with Crippen molar-refractivity contribution < 1.29 is 4.79 Å². The van der Waals surface area contributed by atoms with Crippen LogP contribution < -0.4 is 5.32 Å². The second-order valence-corrected chi connectivity index (χ2v) is 4.14. The lowest BCUT2D eigenvalue weighted by molar-refractivity contribution is -0.126. The minimum Gasteiger partial charge on any atom is -0.325 e. The number of amides is 1. The maximum atomic E-state index is 11.3. The van der Waals surface area contributed by atoms with Crippen LogP contribution >= 0.6 is 15.9 Å². The molecule has 1 unspecified atom stereocenters. The maximum Gasteiger partial charge on any atom is 0.237 e. The van der Waals surface area contributed by atoms with Crippen molar-refractivity contribution in [3.8, 4) is 0 Å². The Labute approximate surface area is 90.4 Å². The molecule has 0 bridgehead atoms. The van der Waals surface area contributed by atoms with Crippen molar-refractivity contribution in [1.29, 1.82) is 0 Å². The first-order chi connectivity index (χ1) is 6.68. The number of aromatic nitrogens is 1. The normalized spacial score (nSPS) is 21.7. The second kappa shape index (κ2) is 3.67. The molecule has 1 amide bonds. The van der Waals surface area contributed by atoms with Crippen LogP contribution in [0.15, 0.2) is 22.9 Å². The van der Waals surface area contributed by atoms with E-state index in [4.69, 9.17) is 0 Å². The Kier molecular flexibility index (Phi) is 2.52. The first-order valence-electron chi connectivity index (χ1n) is 4.28. The summed E-state index contributed by atoms with van der Waals surface area (Å²) in [6, 6.07) is 1.96. The molecule has 1 aromatic rings. The van der Waals surface area contributed by atoms with Gasteiger partial charge in [0, 0.05) is 29.5 Å². The SMILES string of the molecule is CN1C(=O)CNC1c1cncc(Br)c1. The first kappa shape index (κ1) is 9.61. The van der Waals surface area contributed by atoms with Crippen LogP contribution in [0.25, 0.3) is 0 Å². The molecular weight excluding hydrogens is 246 g/mol. The summed E-state index contributed by atoms with van der Waals surface area (Å²) < 4.78 is 0.921. The van der Waals surface area contributed by atoms with Crippen LogP contribution in [0.3, 0.4) is 0 Å². The molecule has 4 nitrogen and oxygen atoms in total. The number of hydrogen-bond donors (Lipinski definition) is 1. The predicted octanol–water partition coefficient (Wildman–Crippen LogP) is 0.904. The molecule has 14 heavy (non-hydrogen) atoms. The monoisotopic (exact) mass is 255 g/mol. The van der Waals surface area contributed by atoms with E-state index >= 15 is 0 Å². The molecule has 0 spiro atoms. The first-order valence-corrected chi connectivity index (χ1v) is 5.07. The fourth-order valence-electron chi connectivity index (χ4n) is 1.51. The van der Waals surface area contributed by atoms with Crippen LogP contribution in [-0.2, 0) is 4.79 Å². The molecule has 2 heterocycles. The molecule has 1 N–H and O–H groups in total. The van der Waals surface area contributed by atoms with Gasteiger partial charge in [0.2, 0.25) is 5.91 Å². The number of halogens is 1. The Bertz CT molecular complexity index is 369. The largest absolute Gasteiger partial charge is 0.325 e. The topological polar surface area (TPSA) is 45.2 Å². The lowest BCUT2D eigenvalue weighted by Gasteiger charge is -2.19. The molecule has 1 aliphatic rings. The summed E-state index contributed by atoms with van der Waals surface area (Å²) in [6.07, 6.45) is 3.44. The van der Waals surface area contributed by atoms with Crippen LogP contribution in [0.1, 0.15) is 11.7 Å². The standard InChI is InChI=1S/C9H10BrN3O/c1-13-8(14)5-12-9(13)6-2-7(10)4-11-3-6/h2-4,9,12H,5H2,1H3. The van der Waals surface area contributed by atoms with Gasteiger partial charge in [-0.25, -0.2) is 0 Å². The highest BCUT2D eigenvalue weighted by Crippen LogP contribution is 2.22. The van der Waals surface area contributed by atoms with E-state index in [-0.39, 0.29) is 12.1 Å². The van der Waals surface area contributed by atoms with E-state index in [0.29, 0.717) is 6.54 Å². The second-order valence-electron chi connectivity index (χ2n) is 3.22. The van der Waals surface area contributed by atoms with Crippen molar-refractivity contribution in [3.05, 3.63) is 28.5 Å². The fourth-order valence-corrected chi connectivity index (χ4v) is 1.89. The quantitative estimate of drug-likeness (QED) is 0.812. The summed E-state index contributed by atoms with van der Waals surface area (Å²) in [5.74, 6) is 0.106. The zero-order valence-electron chi connectivity index (χ0n) is 7.70. The molecule has 1 aliphatic heterocycles. The van der Waals surface area contributed by atoms with Gasteiger partial charge in [-0.15, -0.1) is 0 Å². The van der Waals surface area contributed by atoms with Crippen LogP contribution in [0.4, 0.5) is 0 Å². The zero-order chi connectivity index (χ0) is 10.1. The minimum atomic E-state index is -0.0486. The predicted molar refractivity (Wildman–Crippen MR) is 55.5 cm³/mol. The Morgan fingerprint density at radius 2 is 2.43 bits per heavy atom. The third-order valence-electron chi connectivity index (χ3n) is 2.27. The van der Waals surface area contributed by atoms with Crippen molar-refractivity contribution in [2.24, 2.45) is 0 Å². The molecule has 1 saturated heterocycles. The number of nitrogens with one attached hydrogen (secondary N) is 1. The molecule has 2 rings (SSSR count). The van der Waals surface area contributed by atoms with Crippen LogP contribution in [-0.4, -0.2) is 29.4 Å². The molecule has 0 saturated carbocycles. The van der Waals surface area contributed by atoms with Crippen molar-refractivity contribution >= 4 is 21.8 Å². The molecule has 74 valence electrons. The van der Waals surface area contributed by atoms with E-state index in [1.807, 2.05) is 6.07 Å². The molecule has 1 aromatic heterocycles. The highest BCUT2D eigenvalue weighted by Gasteiger charge is 2.28. The lowest BCUT2D eigenvalue weighted by Crippen LogP contribution is -2.25. The van der Waals surface area contributed by atoms with Gasteiger partial charge >= 0.3 is 0 Å². The number of carbonyl (C=O) groups excluding carboxylic acids is 1. The van der Waals surface area contributed by atoms with Crippen LogP contribution in [0.5, 0.6) is 0 Å². The maximum absolute atomic E-state index is 11.3. The van der Waals surface area contributed by atoms with Gasteiger partial charge in [0.25, 0.3) is 0 Å². The zero-order valence-corrected chi connectivity index (χ0v) is 9.28. The molecule has 0 aromatic carbocycles. The van der Waals surface area contributed by atoms with Gasteiger partial charge in [-0.2, -0.15) is 0 Å². The van der Waals surface area contributed by atoms with E-state index in [9.17, 15) is 4.79 Å². The molecule has 1 atom stereocenters. The van der Waals surface area contributed by atoms with Gasteiger partial charge < -0.3 is 4.90 Å². The number of nitrogens with zero attached hydrogens (tertiary/aromatic N) is 2. The van der Waals surface area contributed by atoms with Crippen molar-refractivity contribution in [2.75, 3.05) is 13.6 Å². The summed E-state index contributed by atoms with van der Waals surface area (Å²) in [5, 5.41) is 3.12. The summed E-state index contributed by atoms with van der Waals surface area (Å²) in [5.41, 5.74) is 0.993. The van der Waals surface area contributed by atoms with Gasteiger partial charge in [0.15, 0.2) is 0 Å². The minimum absolute atomic E-state index is 0.0486. The summed E-state index contributed by atoms with van der Waals surface area (Å²) in [6.45, 7) is 0.397. The summed E-state index contributed by atoms with van der Waals surface area (Å²) >= 11 is 3.35. The fraction of sp³-hybridized carbons (Fsp3) is 0.333. The summed E-state index contributed by atoms with van der Waals surface area (Å²) in [4.78, 5) is 17.0. The van der Waals surface area contributed by atoms with Gasteiger partial charge in [-0.05, 0) is 22.0 Å². The molecule has 5 heteroatoms. The van der Waals surface area contributed by atoms with Crippen LogP contribution in [0.2, 0.25) is 0 Å². The van der Waals surface area contributed by atoms with E-state index in [2.05, 4.69) is 26.2 Å². The van der Waals surface area contributed by atoms with Gasteiger partial charge in [-0.1, -0.05) is 0 Å². The van der Waals surface area contributed by atoms with E-state index in [0.717, 1.165) is 10.0 Å². The molecule has 0 aliphatic carbocycles. The highest BCUT2D eigenvalue weighted by molar-refractivity contribution is 9.10. The van der Waals surface area contributed by atoms with Gasteiger partial charge in [0.05, 0.1) is 6.54 Å². The number of likely N-dealkylation sites (N-methyl/N-ethyl adjacent to an activating group) is 1. The Morgan fingerprint density at radius 1 is 1.64 bits per heavy atom. The smallest absolute Gasteiger partial charge is 0.237 e. The third-order valence-corrected chi connectivity index (χ3v) is 2.70. The Hall–Kier alpha value is -0.940. The average molecular weight is 256 g/mol. The number of carbonyl (C=O) groups is 1.